The standard InChI is InChI=1S/C13H17Br2N3O2/c1-8(16-9-4-6-20-7-5-9)13(19)17-10-2-3-11(14)18-12(10)15/h2-3,8-9,16H,4-7H2,1H3,(H,17,19). The van der Waals surface area contributed by atoms with E-state index in [0.717, 1.165) is 30.7 Å². The molecule has 1 aliphatic heterocycles. The van der Waals surface area contributed by atoms with Crippen molar-refractivity contribution in [3.05, 3.63) is 21.3 Å². The van der Waals surface area contributed by atoms with Crippen molar-refractivity contribution in [2.45, 2.75) is 31.8 Å². The van der Waals surface area contributed by atoms with Gasteiger partial charge in [0.05, 0.1) is 11.7 Å². The summed E-state index contributed by atoms with van der Waals surface area (Å²) in [5, 5.41) is 6.20. The molecule has 20 heavy (non-hydrogen) atoms. The number of hydrogen-bond acceptors (Lipinski definition) is 4. The molecule has 0 radical (unpaired) electrons. The minimum atomic E-state index is -0.256. The van der Waals surface area contributed by atoms with Crippen LogP contribution in [0.5, 0.6) is 0 Å². The second-order valence-corrected chi connectivity index (χ2v) is 6.30. The highest BCUT2D eigenvalue weighted by molar-refractivity contribution is 9.11. The number of anilines is 1. The van der Waals surface area contributed by atoms with Crippen LogP contribution in [0.4, 0.5) is 5.69 Å². The number of nitrogens with one attached hydrogen (secondary N) is 2. The number of carbonyl (C=O) groups excluding carboxylic acids is 1. The zero-order chi connectivity index (χ0) is 14.5. The molecule has 0 saturated carbocycles. The number of aromatic nitrogens is 1. The third kappa shape index (κ3) is 4.51. The summed E-state index contributed by atoms with van der Waals surface area (Å²) in [4.78, 5) is 16.3. The van der Waals surface area contributed by atoms with Crippen LogP contribution in [-0.2, 0) is 9.53 Å². The predicted molar refractivity (Wildman–Crippen MR) is 84.7 cm³/mol. The second-order valence-electron chi connectivity index (χ2n) is 4.74. The summed E-state index contributed by atoms with van der Waals surface area (Å²) in [7, 11) is 0. The molecule has 0 aliphatic carbocycles. The minimum Gasteiger partial charge on any atom is -0.381 e. The molecule has 2 heterocycles. The van der Waals surface area contributed by atoms with Crippen molar-refractivity contribution in [3.63, 3.8) is 0 Å². The lowest BCUT2D eigenvalue weighted by molar-refractivity contribution is -0.118. The number of rotatable bonds is 4. The maximum Gasteiger partial charge on any atom is 0.241 e. The van der Waals surface area contributed by atoms with Crippen LogP contribution in [0.15, 0.2) is 21.3 Å². The van der Waals surface area contributed by atoms with Gasteiger partial charge in [-0.1, -0.05) is 0 Å². The Balaban J connectivity index is 1.89. The zero-order valence-electron chi connectivity index (χ0n) is 11.2. The fourth-order valence-electron chi connectivity index (χ4n) is 2.04. The van der Waals surface area contributed by atoms with E-state index in [9.17, 15) is 4.79 Å². The highest BCUT2D eigenvalue weighted by atomic mass is 79.9. The molecule has 1 aromatic rings. The van der Waals surface area contributed by atoms with Crippen LogP contribution in [0.25, 0.3) is 0 Å². The molecule has 7 heteroatoms. The Bertz CT molecular complexity index is 479. The van der Waals surface area contributed by atoms with Gasteiger partial charge in [0, 0.05) is 19.3 Å². The normalized spacial score (nSPS) is 17.8. The molecule has 1 aromatic heterocycles. The Morgan fingerprint density at radius 3 is 2.75 bits per heavy atom. The van der Waals surface area contributed by atoms with Gasteiger partial charge in [-0.25, -0.2) is 4.98 Å². The molecular formula is C13H17Br2N3O2. The number of pyridine rings is 1. The van der Waals surface area contributed by atoms with Crippen LogP contribution < -0.4 is 10.6 Å². The van der Waals surface area contributed by atoms with Crippen LogP contribution in [0.3, 0.4) is 0 Å². The van der Waals surface area contributed by atoms with E-state index in [0.29, 0.717) is 16.3 Å². The molecule has 0 spiro atoms. The molecule has 2 rings (SSSR count). The molecule has 1 unspecified atom stereocenters. The Morgan fingerprint density at radius 1 is 1.40 bits per heavy atom. The Hall–Kier alpha value is -0.500. The summed E-state index contributed by atoms with van der Waals surface area (Å²) in [5.41, 5.74) is 0.666. The van der Waals surface area contributed by atoms with Gasteiger partial charge >= 0.3 is 0 Å². The zero-order valence-corrected chi connectivity index (χ0v) is 14.3. The van der Waals surface area contributed by atoms with Crippen LogP contribution in [-0.4, -0.2) is 36.2 Å². The molecule has 0 bridgehead atoms. The van der Waals surface area contributed by atoms with Gasteiger partial charge in [-0.15, -0.1) is 0 Å². The maximum absolute atomic E-state index is 12.2. The molecular weight excluding hydrogens is 390 g/mol. The molecule has 1 saturated heterocycles. The van der Waals surface area contributed by atoms with E-state index in [1.807, 2.05) is 6.92 Å². The highest BCUT2D eigenvalue weighted by Crippen LogP contribution is 2.22. The lowest BCUT2D eigenvalue weighted by Crippen LogP contribution is -2.46. The minimum absolute atomic E-state index is 0.0682. The summed E-state index contributed by atoms with van der Waals surface area (Å²) in [6.07, 6.45) is 1.89. The fourth-order valence-corrected chi connectivity index (χ4v) is 3.01. The van der Waals surface area contributed by atoms with Crippen molar-refractivity contribution in [1.29, 1.82) is 0 Å². The summed E-state index contributed by atoms with van der Waals surface area (Å²) in [6, 6.07) is 3.68. The van der Waals surface area contributed by atoms with E-state index >= 15 is 0 Å². The summed E-state index contributed by atoms with van der Waals surface area (Å²) < 4.78 is 6.63. The Morgan fingerprint density at radius 2 is 2.10 bits per heavy atom. The van der Waals surface area contributed by atoms with Crippen molar-refractivity contribution in [2.75, 3.05) is 18.5 Å². The largest absolute Gasteiger partial charge is 0.381 e. The number of carbonyl (C=O) groups is 1. The van der Waals surface area contributed by atoms with Gasteiger partial charge in [-0.3, -0.25) is 4.79 Å². The highest BCUT2D eigenvalue weighted by Gasteiger charge is 2.20. The SMILES string of the molecule is CC(NC1CCOCC1)C(=O)Nc1ccc(Br)nc1Br. The number of halogens is 2. The van der Waals surface area contributed by atoms with Crippen LogP contribution in [0.1, 0.15) is 19.8 Å². The average Bonchev–Trinajstić information content (AvgIpc) is 2.43. The van der Waals surface area contributed by atoms with Gasteiger partial charge in [-0.05, 0) is 63.8 Å². The van der Waals surface area contributed by atoms with E-state index in [-0.39, 0.29) is 11.9 Å². The maximum atomic E-state index is 12.2. The van der Waals surface area contributed by atoms with Gasteiger partial charge in [-0.2, -0.15) is 0 Å². The average molecular weight is 407 g/mol. The smallest absolute Gasteiger partial charge is 0.241 e. The van der Waals surface area contributed by atoms with Crippen molar-refractivity contribution in [2.24, 2.45) is 0 Å². The quantitative estimate of drug-likeness (QED) is 0.754. The monoisotopic (exact) mass is 405 g/mol. The Labute approximate surface area is 135 Å². The van der Waals surface area contributed by atoms with Gasteiger partial charge in [0.15, 0.2) is 0 Å². The molecule has 1 aliphatic rings. The first-order chi connectivity index (χ1) is 9.56. The number of nitrogens with zero attached hydrogens (tertiary/aromatic N) is 1. The lowest BCUT2D eigenvalue weighted by Gasteiger charge is -2.26. The van der Waals surface area contributed by atoms with E-state index in [4.69, 9.17) is 4.74 Å². The third-order valence-corrected chi connectivity index (χ3v) is 4.22. The first kappa shape index (κ1) is 15.9. The molecule has 2 N–H and O–H groups in total. The van der Waals surface area contributed by atoms with Crippen LogP contribution in [0, 0.1) is 0 Å². The molecule has 1 fully saturated rings. The van der Waals surface area contributed by atoms with E-state index in [2.05, 4.69) is 47.5 Å². The van der Waals surface area contributed by atoms with E-state index in [1.54, 1.807) is 12.1 Å². The lowest BCUT2D eigenvalue weighted by atomic mass is 10.1. The van der Waals surface area contributed by atoms with E-state index in [1.165, 1.54) is 0 Å². The van der Waals surface area contributed by atoms with Gasteiger partial charge in [0.25, 0.3) is 0 Å². The molecule has 5 nitrogen and oxygen atoms in total. The van der Waals surface area contributed by atoms with Crippen molar-refractivity contribution in [1.82, 2.24) is 10.3 Å². The Kier molecular flexibility index (Phi) is 5.95. The summed E-state index contributed by atoms with van der Waals surface area (Å²) in [6.45, 7) is 3.38. The van der Waals surface area contributed by atoms with Crippen molar-refractivity contribution < 1.29 is 9.53 Å². The number of hydrogen-bond donors (Lipinski definition) is 2. The van der Waals surface area contributed by atoms with Crippen LogP contribution in [0.2, 0.25) is 0 Å². The first-order valence-electron chi connectivity index (χ1n) is 6.53. The first-order valence-corrected chi connectivity index (χ1v) is 8.11. The van der Waals surface area contributed by atoms with Crippen molar-refractivity contribution >= 4 is 43.5 Å². The topological polar surface area (TPSA) is 63.2 Å². The predicted octanol–water partition coefficient (Wildman–Crippen LogP) is 2.70. The number of ether oxygens (including phenoxy) is 1. The fraction of sp³-hybridized carbons (Fsp3) is 0.538. The third-order valence-electron chi connectivity index (χ3n) is 3.17. The molecule has 1 atom stereocenters. The summed E-state index contributed by atoms with van der Waals surface area (Å²) in [5.74, 6) is -0.0682. The van der Waals surface area contributed by atoms with Gasteiger partial charge in [0.1, 0.15) is 9.21 Å². The van der Waals surface area contributed by atoms with Gasteiger partial charge < -0.3 is 15.4 Å². The van der Waals surface area contributed by atoms with E-state index < -0.39 is 0 Å². The number of amides is 1. The summed E-state index contributed by atoms with van der Waals surface area (Å²) >= 11 is 6.61. The van der Waals surface area contributed by atoms with Crippen LogP contribution >= 0.6 is 31.9 Å². The van der Waals surface area contributed by atoms with Gasteiger partial charge in [0.2, 0.25) is 5.91 Å². The second kappa shape index (κ2) is 7.49. The molecule has 110 valence electrons. The molecule has 1 amide bonds. The molecule has 0 aromatic carbocycles. The van der Waals surface area contributed by atoms with Crippen molar-refractivity contribution in [3.8, 4) is 0 Å².